The Balaban J connectivity index is 1.29. The van der Waals surface area contributed by atoms with Gasteiger partial charge in [-0.05, 0) is 56.7 Å². The number of carbonyl (C=O) groups excluding carboxylic acids is 1. The Hall–Kier alpha value is -2.40. The molecule has 0 aliphatic carbocycles. The van der Waals surface area contributed by atoms with Crippen molar-refractivity contribution in [1.82, 2.24) is 14.9 Å². The first kappa shape index (κ1) is 20.9. The smallest absolute Gasteiger partial charge is 0.235 e. The quantitative estimate of drug-likeness (QED) is 0.561. The zero-order chi connectivity index (χ0) is 20.9. The summed E-state index contributed by atoms with van der Waals surface area (Å²) >= 11 is 1.66. The Bertz CT molecular complexity index is 1000. The lowest BCUT2D eigenvalue weighted by molar-refractivity contribution is -0.131. The standard InChI is InChI=1S/C25H29N3OS/c1-18-24(27-23-11-7-6-10-22(23)26-18)17-30-19(2)25(29)28-14-12-21(13-15-28)16-20-8-4-3-5-9-20/h3-11,19,21H,12-17H2,1-2H3/t19-/m0/s1. The molecule has 1 amide bonds. The molecule has 2 aromatic carbocycles. The van der Waals surface area contributed by atoms with Crippen LogP contribution in [0.5, 0.6) is 0 Å². The molecule has 0 N–H and O–H groups in total. The second-order valence-electron chi connectivity index (χ2n) is 8.16. The number of aryl methyl sites for hydroxylation is 1. The van der Waals surface area contributed by atoms with Gasteiger partial charge in [0.05, 0.1) is 27.7 Å². The number of hydrogen-bond acceptors (Lipinski definition) is 4. The first-order valence-corrected chi connectivity index (χ1v) is 11.8. The summed E-state index contributed by atoms with van der Waals surface area (Å²) in [5, 5.41) is -0.0663. The van der Waals surface area contributed by atoms with Crippen molar-refractivity contribution < 1.29 is 4.79 Å². The summed E-state index contributed by atoms with van der Waals surface area (Å²) in [5.74, 6) is 1.64. The Morgan fingerprint density at radius 1 is 1.03 bits per heavy atom. The van der Waals surface area contributed by atoms with E-state index in [9.17, 15) is 4.79 Å². The Kier molecular flexibility index (Phi) is 6.68. The van der Waals surface area contributed by atoms with E-state index in [0.717, 1.165) is 54.8 Å². The van der Waals surface area contributed by atoms with Crippen molar-refractivity contribution in [2.75, 3.05) is 13.1 Å². The maximum Gasteiger partial charge on any atom is 0.235 e. The molecular weight excluding hydrogens is 390 g/mol. The van der Waals surface area contributed by atoms with E-state index in [1.807, 2.05) is 38.1 Å². The zero-order valence-electron chi connectivity index (χ0n) is 17.8. The number of nitrogens with zero attached hydrogens (tertiary/aromatic N) is 3. The molecular formula is C25H29N3OS. The molecule has 1 saturated heterocycles. The maximum atomic E-state index is 13.0. The molecule has 156 valence electrons. The second-order valence-corrected chi connectivity index (χ2v) is 9.49. The van der Waals surface area contributed by atoms with Gasteiger partial charge in [-0.15, -0.1) is 11.8 Å². The minimum atomic E-state index is -0.0663. The SMILES string of the molecule is Cc1nc2ccccc2nc1CS[C@@H](C)C(=O)N1CCC(Cc2ccccc2)CC1. The summed E-state index contributed by atoms with van der Waals surface area (Å²) < 4.78 is 0. The van der Waals surface area contributed by atoms with Gasteiger partial charge in [0.15, 0.2) is 0 Å². The zero-order valence-corrected chi connectivity index (χ0v) is 18.6. The van der Waals surface area contributed by atoms with Crippen molar-refractivity contribution in [2.24, 2.45) is 5.92 Å². The van der Waals surface area contributed by atoms with Crippen LogP contribution >= 0.6 is 11.8 Å². The fourth-order valence-corrected chi connectivity index (χ4v) is 5.07. The van der Waals surface area contributed by atoms with Crippen molar-refractivity contribution in [3.05, 3.63) is 71.5 Å². The summed E-state index contributed by atoms with van der Waals surface area (Å²) in [6.07, 6.45) is 3.30. The predicted molar refractivity (Wildman–Crippen MR) is 124 cm³/mol. The number of fused-ring (bicyclic) bond motifs is 1. The van der Waals surface area contributed by atoms with Crippen LogP contribution in [0, 0.1) is 12.8 Å². The molecule has 0 saturated carbocycles. The van der Waals surface area contributed by atoms with Crippen LogP contribution < -0.4 is 0 Å². The van der Waals surface area contributed by atoms with Crippen LogP contribution in [0.4, 0.5) is 0 Å². The molecule has 1 fully saturated rings. The fourth-order valence-electron chi connectivity index (χ4n) is 4.10. The van der Waals surface area contributed by atoms with Gasteiger partial charge < -0.3 is 4.90 Å². The monoisotopic (exact) mass is 419 g/mol. The van der Waals surface area contributed by atoms with Crippen molar-refractivity contribution in [3.8, 4) is 0 Å². The Labute approximate surface area is 183 Å². The van der Waals surface area contributed by atoms with Crippen LogP contribution in [0.1, 0.15) is 36.7 Å². The molecule has 5 heteroatoms. The topological polar surface area (TPSA) is 46.1 Å². The van der Waals surface area contributed by atoms with Crippen molar-refractivity contribution in [1.29, 1.82) is 0 Å². The van der Waals surface area contributed by atoms with Crippen LogP contribution in [-0.2, 0) is 17.0 Å². The average Bonchev–Trinajstić information content (AvgIpc) is 2.78. The maximum absolute atomic E-state index is 13.0. The first-order valence-electron chi connectivity index (χ1n) is 10.8. The number of amides is 1. The number of benzene rings is 2. The van der Waals surface area contributed by atoms with Gasteiger partial charge >= 0.3 is 0 Å². The molecule has 4 rings (SSSR count). The molecule has 4 nitrogen and oxygen atoms in total. The third kappa shape index (κ3) is 5.01. The van der Waals surface area contributed by atoms with Gasteiger partial charge in [-0.2, -0.15) is 0 Å². The molecule has 1 aliphatic heterocycles. The highest BCUT2D eigenvalue weighted by molar-refractivity contribution is 7.99. The molecule has 2 heterocycles. The van der Waals surface area contributed by atoms with Gasteiger partial charge in [0.25, 0.3) is 0 Å². The second kappa shape index (κ2) is 9.61. The van der Waals surface area contributed by atoms with E-state index in [4.69, 9.17) is 4.98 Å². The number of likely N-dealkylation sites (tertiary alicyclic amines) is 1. The summed E-state index contributed by atoms with van der Waals surface area (Å²) in [6, 6.07) is 18.6. The lowest BCUT2D eigenvalue weighted by atomic mass is 9.90. The summed E-state index contributed by atoms with van der Waals surface area (Å²) in [7, 11) is 0. The third-order valence-corrected chi connectivity index (χ3v) is 7.10. The van der Waals surface area contributed by atoms with Gasteiger partial charge in [-0.25, -0.2) is 9.97 Å². The number of carbonyl (C=O) groups is 1. The number of hydrogen-bond donors (Lipinski definition) is 0. The van der Waals surface area contributed by atoms with Crippen LogP contribution in [-0.4, -0.2) is 39.1 Å². The van der Waals surface area contributed by atoms with Crippen LogP contribution in [0.3, 0.4) is 0 Å². The number of piperidine rings is 1. The highest BCUT2D eigenvalue weighted by Crippen LogP contribution is 2.26. The van der Waals surface area contributed by atoms with E-state index < -0.39 is 0 Å². The number of aromatic nitrogens is 2. The van der Waals surface area contributed by atoms with Gasteiger partial charge in [-0.3, -0.25) is 4.79 Å². The van der Waals surface area contributed by atoms with Gasteiger partial charge in [0.2, 0.25) is 5.91 Å². The largest absolute Gasteiger partial charge is 0.342 e. The highest BCUT2D eigenvalue weighted by atomic mass is 32.2. The van der Waals surface area contributed by atoms with E-state index in [0.29, 0.717) is 11.7 Å². The minimum absolute atomic E-state index is 0.0663. The Morgan fingerprint density at radius 2 is 1.67 bits per heavy atom. The van der Waals surface area contributed by atoms with Gasteiger partial charge in [-0.1, -0.05) is 42.5 Å². The summed E-state index contributed by atoms with van der Waals surface area (Å²) in [5.41, 5.74) is 5.16. The first-order chi connectivity index (χ1) is 14.6. The van der Waals surface area contributed by atoms with Crippen LogP contribution in [0.15, 0.2) is 54.6 Å². The molecule has 0 unspecified atom stereocenters. The lowest BCUT2D eigenvalue weighted by Gasteiger charge is -2.33. The Morgan fingerprint density at radius 3 is 2.37 bits per heavy atom. The van der Waals surface area contributed by atoms with E-state index >= 15 is 0 Å². The number of thioether (sulfide) groups is 1. The molecule has 1 atom stereocenters. The van der Waals surface area contributed by atoms with Crippen molar-refractivity contribution in [2.45, 2.75) is 44.1 Å². The third-order valence-electron chi connectivity index (χ3n) is 5.95. The van der Waals surface area contributed by atoms with Crippen molar-refractivity contribution in [3.63, 3.8) is 0 Å². The van der Waals surface area contributed by atoms with E-state index in [1.54, 1.807) is 11.8 Å². The van der Waals surface area contributed by atoms with Gasteiger partial charge in [0, 0.05) is 18.8 Å². The summed E-state index contributed by atoms with van der Waals surface area (Å²) in [6.45, 7) is 5.76. The number of para-hydroxylation sites is 2. The minimum Gasteiger partial charge on any atom is -0.342 e. The van der Waals surface area contributed by atoms with Gasteiger partial charge in [0.1, 0.15) is 0 Å². The highest BCUT2D eigenvalue weighted by Gasteiger charge is 2.26. The molecule has 1 aliphatic rings. The predicted octanol–water partition coefficient (Wildman–Crippen LogP) is 5.04. The lowest BCUT2D eigenvalue weighted by Crippen LogP contribution is -2.42. The molecule has 30 heavy (non-hydrogen) atoms. The molecule has 1 aromatic heterocycles. The van der Waals surface area contributed by atoms with E-state index in [-0.39, 0.29) is 11.2 Å². The fraction of sp³-hybridized carbons (Fsp3) is 0.400. The van der Waals surface area contributed by atoms with Crippen molar-refractivity contribution >= 4 is 28.7 Å². The normalized spacial score (nSPS) is 16.0. The molecule has 0 bridgehead atoms. The van der Waals surface area contributed by atoms with Crippen LogP contribution in [0.2, 0.25) is 0 Å². The average molecular weight is 420 g/mol. The number of rotatable bonds is 6. The molecule has 3 aromatic rings. The van der Waals surface area contributed by atoms with E-state index in [1.165, 1.54) is 5.56 Å². The molecule has 0 radical (unpaired) electrons. The molecule has 0 spiro atoms. The van der Waals surface area contributed by atoms with E-state index in [2.05, 4.69) is 40.2 Å². The summed E-state index contributed by atoms with van der Waals surface area (Å²) in [4.78, 5) is 24.4. The van der Waals surface area contributed by atoms with Crippen LogP contribution in [0.25, 0.3) is 11.0 Å².